The Balaban J connectivity index is 2.55. The Hall–Kier alpha value is -1.63. The molecule has 0 aromatic carbocycles. The van der Waals surface area contributed by atoms with Gasteiger partial charge < -0.3 is 9.72 Å². The van der Waals surface area contributed by atoms with Crippen molar-refractivity contribution in [1.29, 1.82) is 0 Å². The summed E-state index contributed by atoms with van der Waals surface area (Å²) in [4.78, 5) is 25.7. The molecule has 0 aliphatic carbocycles. The van der Waals surface area contributed by atoms with Crippen molar-refractivity contribution in [3.8, 4) is 0 Å². The normalized spacial score (nSPS) is 12.8. The monoisotopic (exact) mass is 357 g/mol. The van der Waals surface area contributed by atoms with Gasteiger partial charge in [0.1, 0.15) is 4.90 Å². The van der Waals surface area contributed by atoms with Crippen LogP contribution in [0.4, 0.5) is 0 Å². The maximum Gasteiger partial charge on any atom is 0.306 e. The van der Waals surface area contributed by atoms with Crippen molar-refractivity contribution in [2.75, 3.05) is 12.4 Å². The molecule has 24 heavy (non-hydrogen) atoms. The van der Waals surface area contributed by atoms with E-state index in [2.05, 4.69) is 11.9 Å². The number of unbranched alkanes of at least 4 members (excludes halogenated alkanes) is 1. The first-order chi connectivity index (χ1) is 11.3. The van der Waals surface area contributed by atoms with E-state index in [0.717, 1.165) is 25.7 Å². The Labute approximate surface area is 143 Å². The fourth-order valence-electron chi connectivity index (χ4n) is 2.31. The Kier molecular flexibility index (Phi) is 8.18. The number of pyridine rings is 1. The van der Waals surface area contributed by atoms with E-state index in [9.17, 15) is 18.0 Å². The summed E-state index contributed by atoms with van der Waals surface area (Å²) in [5.74, 6) is -0.661. The van der Waals surface area contributed by atoms with Gasteiger partial charge in [-0.15, -0.1) is 0 Å². The molecule has 0 fully saturated rings. The van der Waals surface area contributed by atoms with Gasteiger partial charge in [-0.05, 0) is 31.4 Å². The van der Waals surface area contributed by atoms with Crippen LogP contribution in [0.2, 0.25) is 0 Å². The van der Waals surface area contributed by atoms with Crippen LogP contribution in [-0.2, 0) is 19.4 Å². The molecule has 0 amide bonds. The Morgan fingerprint density at radius 3 is 2.58 bits per heavy atom. The molecule has 136 valence electrons. The van der Waals surface area contributed by atoms with E-state index in [-0.39, 0.29) is 11.3 Å². The number of ether oxygens (including phenoxy) is 1. The average molecular weight is 357 g/mol. The van der Waals surface area contributed by atoms with Crippen molar-refractivity contribution < 1.29 is 17.9 Å². The zero-order valence-corrected chi connectivity index (χ0v) is 15.4. The molecule has 1 atom stereocenters. The lowest BCUT2D eigenvalue weighted by molar-refractivity contribution is -0.144. The van der Waals surface area contributed by atoms with Gasteiger partial charge in [-0.25, -0.2) is 8.42 Å². The Morgan fingerprint density at radius 2 is 2.00 bits per heavy atom. The van der Waals surface area contributed by atoms with E-state index in [0.29, 0.717) is 18.2 Å². The van der Waals surface area contributed by atoms with E-state index >= 15 is 0 Å². The SMILES string of the molecule is CCCCC(CC)COC(=O)CCS(=O)(=O)c1ccc(C)[nH]c1=O. The van der Waals surface area contributed by atoms with Crippen molar-refractivity contribution in [1.82, 2.24) is 4.98 Å². The molecule has 0 spiro atoms. The lowest BCUT2D eigenvalue weighted by Gasteiger charge is -2.14. The van der Waals surface area contributed by atoms with Gasteiger partial charge in [0.2, 0.25) is 0 Å². The van der Waals surface area contributed by atoms with Crippen LogP contribution in [0.1, 0.15) is 51.6 Å². The van der Waals surface area contributed by atoms with Crippen LogP contribution in [0, 0.1) is 12.8 Å². The Morgan fingerprint density at radius 1 is 1.29 bits per heavy atom. The summed E-state index contributed by atoms with van der Waals surface area (Å²) in [6.45, 7) is 6.14. The van der Waals surface area contributed by atoms with Gasteiger partial charge in [0, 0.05) is 5.69 Å². The fourth-order valence-corrected chi connectivity index (χ4v) is 3.58. The summed E-state index contributed by atoms with van der Waals surface area (Å²) in [6.07, 6.45) is 3.84. The number of hydrogen-bond donors (Lipinski definition) is 1. The highest BCUT2D eigenvalue weighted by molar-refractivity contribution is 7.91. The highest BCUT2D eigenvalue weighted by Gasteiger charge is 2.21. The molecule has 0 bridgehead atoms. The number of rotatable bonds is 10. The molecule has 0 aliphatic rings. The topological polar surface area (TPSA) is 93.3 Å². The first-order valence-electron chi connectivity index (χ1n) is 8.38. The molecule has 1 unspecified atom stereocenters. The molecule has 1 N–H and O–H groups in total. The molecule has 1 aromatic rings. The van der Waals surface area contributed by atoms with Gasteiger partial charge in [0.25, 0.3) is 5.56 Å². The third-order valence-electron chi connectivity index (χ3n) is 3.95. The zero-order valence-electron chi connectivity index (χ0n) is 14.6. The number of sulfone groups is 1. The van der Waals surface area contributed by atoms with Crippen LogP contribution in [0.3, 0.4) is 0 Å². The van der Waals surface area contributed by atoms with Gasteiger partial charge >= 0.3 is 5.97 Å². The van der Waals surface area contributed by atoms with E-state index in [1.54, 1.807) is 6.92 Å². The molecule has 7 heteroatoms. The minimum Gasteiger partial charge on any atom is -0.465 e. The first kappa shape index (κ1) is 20.4. The van der Waals surface area contributed by atoms with Crippen molar-refractivity contribution in [3.05, 3.63) is 28.2 Å². The second-order valence-electron chi connectivity index (χ2n) is 6.00. The molecule has 6 nitrogen and oxygen atoms in total. The average Bonchev–Trinajstić information content (AvgIpc) is 2.53. The minimum atomic E-state index is -3.81. The molecular formula is C17H27NO5S. The number of esters is 1. The number of aromatic nitrogens is 1. The van der Waals surface area contributed by atoms with Gasteiger partial charge in [-0.2, -0.15) is 0 Å². The first-order valence-corrected chi connectivity index (χ1v) is 10.0. The van der Waals surface area contributed by atoms with Crippen molar-refractivity contribution in [2.45, 2.75) is 57.8 Å². The van der Waals surface area contributed by atoms with Gasteiger partial charge in [-0.1, -0.05) is 33.1 Å². The molecule has 0 saturated carbocycles. The van der Waals surface area contributed by atoms with E-state index in [4.69, 9.17) is 4.74 Å². The van der Waals surface area contributed by atoms with Crippen molar-refractivity contribution in [3.63, 3.8) is 0 Å². The van der Waals surface area contributed by atoms with Gasteiger partial charge in [0.05, 0.1) is 18.8 Å². The number of carbonyl (C=O) groups is 1. The quantitative estimate of drug-likeness (QED) is 0.650. The third-order valence-corrected chi connectivity index (χ3v) is 5.69. The van der Waals surface area contributed by atoms with Crippen LogP contribution in [0.25, 0.3) is 0 Å². The van der Waals surface area contributed by atoms with E-state index in [1.165, 1.54) is 12.1 Å². The maximum atomic E-state index is 12.2. The summed E-state index contributed by atoms with van der Waals surface area (Å²) in [5, 5.41) is 0. The second kappa shape index (κ2) is 9.61. The van der Waals surface area contributed by atoms with Crippen LogP contribution < -0.4 is 5.56 Å². The highest BCUT2D eigenvalue weighted by Crippen LogP contribution is 2.13. The smallest absolute Gasteiger partial charge is 0.306 e. The number of aryl methyl sites for hydroxylation is 1. The highest BCUT2D eigenvalue weighted by atomic mass is 32.2. The Bertz CT molecular complexity index is 693. The molecule has 1 rings (SSSR count). The molecule has 0 saturated heterocycles. The van der Waals surface area contributed by atoms with Crippen LogP contribution in [0.15, 0.2) is 21.8 Å². The third kappa shape index (κ3) is 6.47. The maximum absolute atomic E-state index is 12.2. The predicted molar refractivity (Wildman–Crippen MR) is 92.7 cm³/mol. The molecular weight excluding hydrogens is 330 g/mol. The number of aromatic amines is 1. The lowest BCUT2D eigenvalue weighted by atomic mass is 10.0. The predicted octanol–water partition coefficient (Wildman–Crippen LogP) is 2.61. The van der Waals surface area contributed by atoms with Crippen molar-refractivity contribution >= 4 is 15.8 Å². The summed E-state index contributed by atoms with van der Waals surface area (Å²) in [6, 6.07) is 2.79. The lowest BCUT2D eigenvalue weighted by Crippen LogP contribution is -2.22. The molecule has 0 aliphatic heterocycles. The molecule has 0 radical (unpaired) electrons. The van der Waals surface area contributed by atoms with Gasteiger partial charge in [0.15, 0.2) is 9.84 Å². The summed E-state index contributed by atoms with van der Waals surface area (Å²) in [5.41, 5.74) is -0.0787. The summed E-state index contributed by atoms with van der Waals surface area (Å²) >= 11 is 0. The van der Waals surface area contributed by atoms with Gasteiger partial charge in [-0.3, -0.25) is 9.59 Å². The van der Waals surface area contributed by atoms with Crippen molar-refractivity contribution in [2.24, 2.45) is 5.92 Å². The van der Waals surface area contributed by atoms with Crippen LogP contribution in [-0.4, -0.2) is 31.7 Å². The number of hydrogen-bond acceptors (Lipinski definition) is 5. The number of nitrogens with one attached hydrogen (secondary N) is 1. The molecule has 1 heterocycles. The molecule has 1 aromatic heterocycles. The minimum absolute atomic E-state index is 0.250. The summed E-state index contributed by atoms with van der Waals surface area (Å²) < 4.78 is 29.5. The zero-order chi connectivity index (χ0) is 18.2. The van der Waals surface area contributed by atoms with E-state index in [1.807, 2.05) is 6.92 Å². The largest absolute Gasteiger partial charge is 0.465 e. The summed E-state index contributed by atoms with van der Waals surface area (Å²) in [7, 11) is -3.81. The van der Waals surface area contributed by atoms with Crippen LogP contribution in [0.5, 0.6) is 0 Å². The van der Waals surface area contributed by atoms with E-state index < -0.39 is 27.1 Å². The fraction of sp³-hybridized carbons (Fsp3) is 0.647. The number of carbonyl (C=O) groups excluding carboxylic acids is 1. The van der Waals surface area contributed by atoms with Crippen LogP contribution >= 0.6 is 0 Å². The standard InChI is InChI=1S/C17H27NO5S/c1-4-6-7-14(5-2)12-23-16(19)10-11-24(21,22)15-9-8-13(3)18-17(15)20/h8-9,14H,4-7,10-12H2,1-3H3,(H,18,20). The number of H-pyrrole nitrogens is 1. The second-order valence-corrected chi connectivity index (χ2v) is 8.08.